The molecule has 1 aromatic rings. The lowest BCUT2D eigenvalue weighted by Crippen LogP contribution is -2.27. The van der Waals surface area contributed by atoms with E-state index in [4.69, 9.17) is 10.6 Å². The van der Waals surface area contributed by atoms with E-state index in [1.54, 1.807) is 32.9 Å². The topological polar surface area (TPSA) is 76.4 Å². The summed E-state index contributed by atoms with van der Waals surface area (Å²) in [7, 11) is 0. The summed E-state index contributed by atoms with van der Waals surface area (Å²) in [4.78, 5) is 11.5. The molecule has 1 rings (SSSR count). The van der Waals surface area contributed by atoms with Gasteiger partial charge in [0.15, 0.2) is 0 Å². The predicted octanol–water partition coefficient (Wildman–Crippen LogP) is 2.14. The zero-order valence-electron chi connectivity index (χ0n) is 10.7. The van der Waals surface area contributed by atoms with Gasteiger partial charge >= 0.3 is 6.09 Å². The second-order valence-corrected chi connectivity index (χ2v) is 4.81. The molecule has 0 saturated heterocycles. The molecular formula is C12H18FN3O2. The minimum absolute atomic E-state index is 0.221. The van der Waals surface area contributed by atoms with Crippen molar-refractivity contribution >= 4 is 11.8 Å². The minimum Gasteiger partial charge on any atom is -0.444 e. The second-order valence-electron chi connectivity index (χ2n) is 4.81. The number of nitrogens with one attached hydrogen (secondary N) is 2. The van der Waals surface area contributed by atoms with Crippen LogP contribution in [0.5, 0.6) is 0 Å². The Hall–Kier alpha value is -1.66. The van der Waals surface area contributed by atoms with Crippen molar-refractivity contribution in [3.63, 3.8) is 0 Å². The molecule has 0 bridgehead atoms. The largest absolute Gasteiger partial charge is 0.444 e. The number of carbonyl (C=O) groups is 1. The van der Waals surface area contributed by atoms with E-state index in [9.17, 15) is 9.18 Å². The number of ether oxygens (including phenoxy) is 1. The normalized spacial score (nSPS) is 11.2. The summed E-state index contributed by atoms with van der Waals surface area (Å²) in [5.74, 6) is 4.67. The van der Waals surface area contributed by atoms with E-state index in [2.05, 4.69) is 10.7 Å². The molecule has 0 fully saturated rings. The number of rotatable bonds is 3. The number of anilines is 1. The van der Waals surface area contributed by atoms with Crippen LogP contribution in [0.15, 0.2) is 18.2 Å². The molecule has 0 radical (unpaired) electrons. The molecule has 18 heavy (non-hydrogen) atoms. The molecule has 0 saturated carbocycles. The van der Waals surface area contributed by atoms with E-state index >= 15 is 0 Å². The maximum absolute atomic E-state index is 13.5. The van der Waals surface area contributed by atoms with Crippen LogP contribution < -0.4 is 16.6 Å². The Morgan fingerprint density at radius 1 is 1.44 bits per heavy atom. The summed E-state index contributed by atoms with van der Waals surface area (Å²) in [6.07, 6.45) is -0.619. The van der Waals surface area contributed by atoms with Crippen molar-refractivity contribution in [2.24, 2.45) is 5.84 Å². The Kier molecular flexibility index (Phi) is 4.63. The van der Waals surface area contributed by atoms with Crippen LogP contribution in [0.3, 0.4) is 0 Å². The Morgan fingerprint density at radius 2 is 2.11 bits per heavy atom. The summed E-state index contributed by atoms with van der Waals surface area (Å²) < 4.78 is 18.6. The number of benzene rings is 1. The highest BCUT2D eigenvalue weighted by Crippen LogP contribution is 2.16. The summed E-state index contributed by atoms with van der Waals surface area (Å²) in [6.45, 7) is 5.48. The Balaban J connectivity index is 2.69. The molecule has 0 unspecified atom stereocenters. The summed E-state index contributed by atoms with van der Waals surface area (Å²) in [5.41, 5.74) is 2.53. The first-order valence-corrected chi connectivity index (χ1v) is 5.54. The van der Waals surface area contributed by atoms with Crippen LogP contribution >= 0.6 is 0 Å². The summed E-state index contributed by atoms with van der Waals surface area (Å²) >= 11 is 0. The number of carbonyl (C=O) groups excluding carboxylic acids is 1. The van der Waals surface area contributed by atoms with E-state index in [1.807, 2.05) is 0 Å². The molecule has 0 heterocycles. The molecule has 1 aromatic carbocycles. The van der Waals surface area contributed by atoms with Crippen molar-refractivity contribution in [2.75, 3.05) is 5.32 Å². The molecule has 100 valence electrons. The molecule has 0 atom stereocenters. The number of amides is 1. The molecule has 0 aliphatic carbocycles. The first-order chi connectivity index (χ1) is 8.31. The molecule has 5 nitrogen and oxygen atoms in total. The molecule has 0 aliphatic rings. The molecule has 6 heteroatoms. The van der Waals surface area contributed by atoms with Gasteiger partial charge in [-0.15, -0.1) is 0 Å². The van der Waals surface area contributed by atoms with Crippen molar-refractivity contribution in [1.82, 2.24) is 5.43 Å². The van der Waals surface area contributed by atoms with Crippen molar-refractivity contribution < 1.29 is 13.9 Å². The van der Waals surface area contributed by atoms with Gasteiger partial charge in [0.05, 0.1) is 0 Å². The lowest BCUT2D eigenvalue weighted by molar-refractivity contribution is 0.0636. The standard InChI is InChI=1S/C12H18FN3O2/c1-12(2,3)18-11(17)16-9-5-4-8(7-15-14)10(13)6-9/h4-6,15H,7,14H2,1-3H3,(H,16,17). The van der Waals surface area contributed by atoms with E-state index in [-0.39, 0.29) is 6.54 Å². The fourth-order valence-corrected chi connectivity index (χ4v) is 1.30. The minimum atomic E-state index is -0.619. The van der Waals surface area contributed by atoms with E-state index in [0.29, 0.717) is 11.3 Å². The summed E-state index contributed by atoms with van der Waals surface area (Å²) in [6, 6.07) is 4.35. The van der Waals surface area contributed by atoms with Gasteiger partial charge in [-0.05, 0) is 32.9 Å². The lowest BCUT2D eigenvalue weighted by atomic mass is 10.2. The van der Waals surface area contributed by atoms with Crippen LogP contribution in [0, 0.1) is 5.82 Å². The van der Waals surface area contributed by atoms with Crippen LogP contribution in [0.2, 0.25) is 0 Å². The highest BCUT2D eigenvalue weighted by Gasteiger charge is 2.16. The quantitative estimate of drug-likeness (QED) is 0.571. The van der Waals surface area contributed by atoms with Crippen molar-refractivity contribution in [3.05, 3.63) is 29.6 Å². The maximum Gasteiger partial charge on any atom is 0.412 e. The maximum atomic E-state index is 13.5. The van der Waals surface area contributed by atoms with Gasteiger partial charge in [-0.25, -0.2) is 9.18 Å². The molecule has 0 aromatic heterocycles. The number of hydrazine groups is 1. The van der Waals surface area contributed by atoms with Crippen LogP contribution in [-0.2, 0) is 11.3 Å². The average molecular weight is 255 g/mol. The third kappa shape index (κ3) is 4.68. The van der Waals surface area contributed by atoms with Crippen LogP contribution in [0.1, 0.15) is 26.3 Å². The van der Waals surface area contributed by atoms with Crippen LogP contribution in [0.25, 0.3) is 0 Å². The van der Waals surface area contributed by atoms with E-state index < -0.39 is 17.5 Å². The lowest BCUT2D eigenvalue weighted by Gasteiger charge is -2.19. The zero-order valence-corrected chi connectivity index (χ0v) is 10.7. The highest BCUT2D eigenvalue weighted by atomic mass is 19.1. The van der Waals surface area contributed by atoms with E-state index in [1.165, 1.54) is 6.07 Å². The molecule has 0 spiro atoms. The SMILES string of the molecule is CC(C)(C)OC(=O)Nc1ccc(CNN)c(F)c1. The van der Waals surface area contributed by atoms with Crippen molar-refractivity contribution in [3.8, 4) is 0 Å². The van der Waals surface area contributed by atoms with Crippen molar-refractivity contribution in [1.29, 1.82) is 0 Å². The van der Waals surface area contributed by atoms with Gasteiger partial charge < -0.3 is 4.74 Å². The Labute approximate surface area is 105 Å². The fraction of sp³-hybridized carbons (Fsp3) is 0.417. The average Bonchev–Trinajstić information content (AvgIpc) is 2.19. The first kappa shape index (κ1) is 14.4. The summed E-state index contributed by atoms with van der Waals surface area (Å²) in [5, 5.41) is 2.46. The predicted molar refractivity (Wildman–Crippen MR) is 67.3 cm³/mol. The Bertz CT molecular complexity index is 430. The van der Waals surface area contributed by atoms with Crippen LogP contribution in [0.4, 0.5) is 14.9 Å². The van der Waals surface area contributed by atoms with Gasteiger partial charge in [0.2, 0.25) is 0 Å². The smallest absolute Gasteiger partial charge is 0.412 e. The Morgan fingerprint density at radius 3 is 2.61 bits per heavy atom. The van der Waals surface area contributed by atoms with Gasteiger partial charge in [0.25, 0.3) is 0 Å². The van der Waals surface area contributed by atoms with E-state index in [0.717, 1.165) is 0 Å². The zero-order chi connectivity index (χ0) is 13.8. The first-order valence-electron chi connectivity index (χ1n) is 5.54. The van der Waals surface area contributed by atoms with Crippen LogP contribution in [-0.4, -0.2) is 11.7 Å². The third-order valence-corrected chi connectivity index (χ3v) is 1.99. The van der Waals surface area contributed by atoms with Gasteiger partial charge in [-0.1, -0.05) is 6.07 Å². The molecule has 1 amide bonds. The number of halogens is 1. The molecule has 0 aliphatic heterocycles. The third-order valence-electron chi connectivity index (χ3n) is 1.99. The van der Waals surface area contributed by atoms with Gasteiger partial charge in [-0.3, -0.25) is 16.6 Å². The van der Waals surface area contributed by atoms with Crippen molar-refractivity contribution in [2.45, 2.75) is 32.9 Å². The van der Waals surface area contributed by atoms with Gasteiger partial charge in [-0.2, -0.15) is 0 Å². The molecular weight excluding hydrogens is 237 g/mol. The monoisotopic (exact) mass is 255 g/mol. The highest BCUT2D eigenvalue weighted by molar-refractivity contribution is 5.84. The molecule has 4 N–H and O–H groups in total. The second kappa shape index (κ2) is 5.79. The van der Waals surface area contributed by atoms with Gasteiger partial charge in [0.1, 0.15) is 11.4 Å². The fourth-order valence-electron chi connectivity index (χ4n) is 1.30. The number of hydrogen-bond acceptors (Lipinski definition) is 4. The number of nitrogens with two attached hydrogens (primary N) is 1. The van der Waals surface area contributed by atoms with Gasteiger partial charge in [0, 0.05) is 17.8 Å². The number of hydrogen-bond donors (Lipinski definition) is 3.